The lowest BCUT2D eigenvalue weighted by Gasteiger charge is -2.21. The zero-order valence-corrected chi connectivity index (χ0v) is 9.98. The number of hydrogen-bond donors (Lipinski definition) is 0. The molecule has 1 atom stereocenters. The molecule has 1 aliphatic heterocycles. The van der Waals surface area contributed by atoms with Crippen LogP contribution >= 0.6 is 0 Å². The smallest absolute Gasteiger partial charge is 0.150 e. The highest BCUT2D eigenvalue weighted by atomic mass is 32.2. The Morgan fingerprint density at radius 3 is 2.64 bits per heavy atom. The van der Waals surface area contributed by atoms with Crippen LogP contribution in [0.15, 0.2) is 0 Å². The summed E-state index contributed by atoms with van der Waals surface area (Å²) in [4.78, 5) is 0. The van der Waals surface area contributed by atoms with Gasteiger partial charge in [0.1, 0.15) is 0 Å². The lowest BCUT2D eigenvalue weighted by molar-refractivity contribution is 0.436. The second-order valence-electron chi connectivity index (χ2n) is 4.47. The molecule has 1 unspecified atom stereocenters. The topological polar surface area (TPSA) is 34.1 Å². The molecule has 0 aliphatic carbocycles. The van der Waals surface area contributed by atoms with Crippen LogP contribution in [0.25, 0.3) is 0 Å². The summed E-state index contributed by atoms with van der Waals surface area (Å²) in [5, 5.41) is 0. The fraction of sp³-hybridized carbons (Fsp3) is 1.00. The fourth-order valence-electron chi connectivity index (χ4n) is 2.21. The zero-order valence-electron chi connectivity index (χ0n) is 9.17. The monoisotopic (exact) mass is 218 g/mol. The SMILES string of the molecule is CCCCCCC1CCCS(=O)(=O)C1. The van der Waals surface area contributed by atoms with E-state index in [4.69, 9.17) is 0 Å². The van der Waals surface area contributed by atoms with Gasteiger partial charge in [-0.15, -0.1) is 0 Å². The first-order valence-corrected chi connectivity index (χ1v) is 7.66. The normalized spacial score (nSPS) is 26.2. The van der Waals surface area contributed by atoms with Gasteiger partial charge in [0.05, 0.1) is 11.5 Å². The molecular formula is C11H22O2S. The third-order valence-corrected chi connectivity index (χ3v) is 4.91. The predicted octanol–water partition coefficient (Wildman–Crippen LogP) is 2.78. The predicted molar refractivity (Wildman–Crippen MR) is 60.1 cm³/mol. The van der Waals surface area contributed by atoms with E-state index in [0.717, 1.165) is 19.3 Å². The van der Waals surface area contributed by atoms with Crippen LogP contribution in [-0.4, -0.2) is 19.9 Å². The highest BCUT2D eigenvalue weighted by Gasteiger charge is 2.23. The molecule has 1 fully saturated rings. The van der Waals surface area contributed by atoms with Crippen LogP contribution < -0.4 is 0 Å². The molecule has 0 aromatic carbocycles. The van der Waals surface area contributed by atoms with Gasteiger partial charge in [0.2, 0.25) is 0 Å². The molecule has 0 spiro atoms. The van der Waals surface area contributed by atoms with Crippen LogP contribution in [-0.2, 0) is 9.84 Å². The molecule has 1 saturated heterocycles. The molecule has 2 nitrogen and oxygen atoms in total. The van der Waals surface area contributed by atoms with Crippen LogP contribution in [0.1, 0.15) is 51.9 Å². The van der Waals surface area contributed by atoms with E-state index in [2.05, 4.69) is 6.92 Å². The van der Waals surface area contributed by atoms with Crippen LogP contribution in [0, 0.1) is 5.92 Å². The minimum absolute atomic E-state index is 0.429. The number of hydrogen-bond acceptors (Lipinski definition) is 2. The number of sulfone groups is 1. The van der Waals surface area contributed by atoms with E-state index >= 15 is 0 Å². The molecule has 0 amide bonds. The minimum Gasteiger partial charge on any atom is -0.229 e. The average Bonchev–Trinajstić information content (AvgIpc) is 2.11. The summed E-state index contributed by atoms with van der Waals surface area (Å²) in [6.45, 7) is 2.20. The summed E-state index contributed by atoms with van der Waals surface area (Å²) < 4.78 is 22.7. The van der Waals surface area contributed by atoms with Crippen molar-refractivity contribution in [3.63, 3.8) is 0 Å². The second-order valence-corrected chi connectivity index (χ2v) is 6.70. The first kappa shape index (κ1) is 12.0. The van der Waals surface area contributed by atoms with Crippen molar-refractivity contribution in [1.82, 2.24) is 0 Å². The summed E-state index contributed by atoms with van der Waals surface area (Å²) in [5.74, 6) is 1.35. The van der Waals surface area contributed by atoms with Gasteiger partial charge in [-0.2, -0.15) is 0 Å². The summed E-state index contributed by atoms with van der Waals surface area (Å²) in [6.07, 6.45) is 8.18. The highest BCUT2D eigenvalue weighted by Crippen LogP contribution is 2.23. The largest absolute Gasteiger partial charge is 0.229 e. The first-order chi connectivity index (χ1) is 6.64. The minimum atomic E-state index is -2.67. The Morgan fingerprint density at radius 1 is 1.21 bits per heavy atom. The van der Waals surface area contributed by atoms with Gasteiger partial charge in [0.15, 0.2) is 9.84 Å². The Hall–Kier alpha value is -0.0500. The maximum Gasteiger partial charge on any atom is 0.150 e. The zero-order chi connectivity index (χ0) is 10.4. The van der Waals surface area contributed by atoms with E-state index in [-0.39, 0.29) is 0 Å². The van der Waals surface area contributed by atoms with Gasteiger partial charge < -0.3 is 0 Å². The van der Waals surface area contributed by atoms with Crippen molar-refractivity contribution in [2.75, 3.05) is 11.5 Å². The average molecular weight is 218 g/mol. The lowest BCUT2D eigenvalue weighted by Crippen LogP contribution is -2.24. The quantitative estimate of drug-likeness (QED) is 0.665. The van der Waals surface area contributed by atoms with Crippen molar-refractivity contribution in [1.29, 1.82) is 0 Å². The van der Waals surface area contributed by atoms with Gasteiger partial charge in [-0.05, 0) is 25.2 Å². The van der Waals surface area contributed by atoms with Crippen molar-refractivity contribution in [2.45, 2.75) is 51.9 Å². The van der Waals surface area contributed by atoms with E-state index < -0.39 is 9.84 Å². The first-order valence-electron chi connectivity index (χ1n) is 5.84. The van der Waals surface area contributed by atoms with Crippen LogP contribution in [0.5, 0.6) is 0 Å². The lowest BCUT2D eigenvalue weighted by atomic mass is 9.98. The van der Waals surface area contributed by atoms with Gasteiger partial charge >= 0.3 is 0 Å². The third kappa shape index (κ3) is 4.45. The molecule has 14 heavy (non-hydrogen) atoms. The van der Waals surface area contributed by atoms with Crippen molar-refractivity contribution in [2.24, 2.45) is 5.92 Å². The molecule has 0 radical (unpaired) electrons. The molecule has 0 bridgehead atoms. The standard InChI is InChI=1S/C11H22O2S/c1-2-3-4-5-7-11-8-6-9-14(12,13)10-11/h11H,2-10H2,1H3. The van der Waals surface area contributed by atoms with Gasteiger partial charge in [0, 0.05) is 0 Å². The van der Waals surface area contributed by atoms with E-state index in [9.17, 15) is 8.42 Å². The summed E-state index contributed by atoms with van der Waals surface area (Å²) >= 11 is 0. The van der Waals surface area contributed by atoms with Crippen molar-refractivity contribution >= 4 is 9.84 Å². The van der Waals surface area contributed by atoms with Crippen molar-refractivity contribution in [3.8, 4) is 0 Å². The summed E-state index contributed by atoms with van der Waals surface area (Å²) in [6, 6.07) is 0. The Kier molecular flexibility index (Phi) is 4.93. The fourth-order valence-corrected chi connectivity index (χ4v) is 4.03. The molecule has 0 aromatic heterocycles. The molecule has 1 heterocycles. The molecule has 84 valence electrons. The summed E-state index contributed by atoms with van der Waals surface area (Å²) in [5.41, 5.74) is 0. The number of unbranched alkanes of at least 4 members (excludes halogenated alkanes) is 3. The van der Waals surface area contributed by atoms with E-state index in [0.29, 0.717) is 17.4 Å². The molecule has 1 rings (SSSR count). The maximum absolute atomic E-state index is 11.3. The van der Waals surface area contributed by atoms with Crippen molar-refractivity contribution < 1.29 is 8.42 Å². The molecular weight excluding hydrogens is 196 g/mol. The number of rotatable bonds is 5. The maximum atomic E-state index is 11.3. The van der Waals surface area contributed by atoms with Crippen molar-refractivity contribution in [3.05, 3.63) is 0 Å². The van der Waals surface area contributed by atoms with Gasteiger partial charge in [-0.1, -0.05) is 32.6 Å². The van der Waals surface area contributed by atoms with Crippen LogP contribution in [0.2, 0.25) is 0 Å². The molecule has 1 aliphatic rings. The molecule has 0 N–H and O–H groups in total. The van der Waals surface area contributed by atoms with Crippen LogP contribution in [0.4, 0.5) is 0 Å². The van der Waals surface area contributed by atoms with Crippen LogP contribution in [0.3, 0.4) is 0 Å². The molecule has 0 aromatic rings. The molecule has 0 saturated carbocycles. The Labute approximate surface area is 88.0 Å². The Bertz CT molecular complexity index is 244. The highest BCUT2D eigenvalue weighted by molar-refractivity contribution is 7.91. The second kappa shape index (κ2) is 5.74. The summed E-state index contributed by atoms with van der Waals surface area (Å²) in [7, 11) is -2.67. The third-order valence-electron chi connectivity index (χ3n) is 3.02. The Balaban J connectivity index is 2.18. The van der Waals surface area contributed by atoms with Gasteiger partial charge in [0.25, 0.3) is 0 Å². The van der Waals surface area contributed by atoms with E-state index in [1.807, 2.05) is 0 Å². The van der Waals surface area contributed by atoms with E-state index in [1.165, 1.54) is 25.7 Å². The van der Waals surface area contributed by atoms with E-state index in [1.54, 1.807) is 0 Å². The van der Waals surface area contributed by atoms with Gasteiger partial charge in [-0.25, -0.2) is 8.42 Å². The Morgan fingerprint density at radius 2 is 2.00 bits per heavy atom. The van der Waals surface area contributed by atoms with Gasteiger partial charge in [-0.3, -0.25) is 0 Å². The molecule has 3 heteroatoms.